The Labute approximate surface area is 99.3 Å². The highest BCUT2D eigenvalue weighted by Gasteiger charge is 2.02. The van der Waals surface area contributed by atoms with E-state index >= 15 is 0 Å². The van der Waals surface area contributed by atoms with E-state index in [1.54, 1.807) is 36.7 Å². The van der Waals surface area contributed by atoms with Crippen molar-refractivity contribution in [2.75, 3.05) is 11.9 Å². The molecular formula is C13H12N2O2. The topological polar surface area (TPSA) is 51.2 Å². The van der Waals surface area contributed by atoms with Crippen LogP contribution < -0.4 is 10.1 Å². The van der Waals surface area contributed by atoms with E-state index in [1.807, 2.05) is 18.2 Å². The van der Waals surface area contributed by atoms with E-state index in [4.69, 9.17) is 4.74 Å². The predicted molar refractivity (Wildman–Crippen MR) is 64.8 cm³/mol. The summed E-state index contributed by atoms with van der Waals surface area (Å²) in [7, 11) is 0. The summed E-state index contributed by atoms with van der Waals surface area (Å²) in [6.45, 7) is -0.0150. The Bertz CT molecular complexity index is 471. The van der Waals surface area contributed by atoms with Crippen molar-refractivity contribution >= 4 is 11.6 Å². The molecule has 1 aromatic heterocycles. The third kappa shape index (κ3) is 3.61. The molecule has 4 nitrogen and oxygen atoms in total. The van der Waals surface area contributed by atoms with Gasteiger partial charge < -0.3 is 10.1 Å². The zero-order valence-corrected chi connectivity index (χ0v) is 9.17. The molecule has 4 heteroatoms. The van der Waals surface area contributed by atoms with E-state index < -0.39 is 0 Å². The highest BCUT2D eigenvalue weighted by molar-refractivity contribution is 5.91. The molecule has 0 atom stereocenters. The van der Waals surface area contributed by atoms with Crippen molar-refractivity contribution in [3.63, 3.8) is 0 Å². The first-order valence-electron chi connectivity index (χ1n) is 5.22. The standard InChI is InChI=1S/C13H12N2O2/c16-13(15-11-5-4-8-14-9-11)10-17-12-6-2-1-3-7-12/h1-9H,10H2,(H,15,16). The van der Waals surface area contributed by atoms with Crippen molar-refractivity contribution in [2.45, 2.75) is 0 Å². The summed E-state index contributed by atoms with van der Waals surface area (Å²) in [5.41, 5.74) is 0.661. The maximum absolute atomic E-state index is 11.5. The van der Waals surface area contributed by atoms with Crippen LogP contribution in [0.4, 0.5) is 5.69 Å². The van der Waals surface area contributed by atoms with E-state index in [-0.39, 0.29) is 12.5 Å². The molecule has 17 heavy (non-hydrogen) atoms. The Morgan fingerprint density at radius 2 is 2.00 bits per heavy atom. The van der Waals surface area contributed by atoms with Gasteiger partial charge in [0, 0.05) is 6.20 Å². The molecule has 2 aromatic rings. The molecule has 0 spiro atoms. The van der Waals surface area contributed by atoms with Crippen LogP contribution >= 0.6 is 0 Å². The Morgan fingerprint density at radius 1 is 1.18 bits per heavy atom. The number of hydrogen-bond donors (Lipinski definition) is 1. The molecule has 2 rings (SSSR count). The summed E-state index contributed by atoms with van der Waals surface area (Å²) in [4.78, 5) is 15.4. The first kappa shape index (κ1) is 11.1. The minimum atomic E-state index is -0.207. The van der Waals surface area contributed by atoms with Gasteiger partial charge in [0.05, 0.1) is 11.9 Å². The predicted octanol–water partition coefficient (Wildman–Crippen LogP) is 2.10. The second-order valence-electron chi connectivity index (χ2n) is 3.39. The zero-order valence-electron chi connectivity index (χ0n) is 9.17. The molecule has 0 bridgehead atoms. The number of nitrogens with zero attached hydrogens (tertiary/aromatic N) is 1. The summed E-state index contributed by atoms with van der Waals surface area (Å²) < 4.78 is 5.31. The fourth-order valence-electron chi connectivity index (χ4n) is 1.30. The molecule has 0 radical (unpaired) electrons. The maximum atomic E-state index is 11.5. The van der Waals surface area contributed by atoms with Gasteiger partial charge >= 0.3 is 0 Å². The van der Waals surface area contributed by atoms with Crippen molar-refractivity contribution in [3.05, 3.63) is 54.9 Å². The lowest BCUT2D eigenvalue weighted by Gasteiger charge is -2.06. The number of hydrogen-bond acceptors (Lipinski definition) is 3. The number of benzene rings is 1. The van der Waals surface area contributed by atoms with E-state index in [2.05, 4.69) is 10.3 Å². The van der Waals surface area contributed by atoms with Gasteiger partial charge in [-0.05, 0) is 24.3 Å². The van der Waals surface area contributed by atoms with Crippen LogP contribution in [0, 0.1) is 0 Å². The second-order valence-corrected chi connectivity index (χ2v) is 3.39. The Kier molecular flexibility index (Phi) is 3.70. The van der Waals surface area contributed by atoms with Crippen LogP contribution in [0.25, 0.3) is 0 Å². The van der Waals surface area contributed by atoms with Crippen LogP contribution in [-0.2, 0) is 4.79 Å². The lowest BCUT2D eigenvalue weighted by atomic mass is 10.3. The molecule has 0 aliphatic heterocycles. The molecular weight excluding hydrogens is 216 g/mol. The van der Waals surface area contributed by atoms with Gasteiger partial charge in [-0.1, -0.05) is 18.2 Å². The maximum Gasteiger partial charge on any atom is 0.262 e. The van der Waals surface area contributed by atoms with Gasteiger partial charge in [0.25, 0.3) is 5.91 Å². The smallest absolute Gasteiger partial charge is 0.262 e. The van der Waals surface area contributed by atoms with Crippen molar-refractivity contribution in [1.82, 2.24) is 4.98 Å². The van der Waals surface area contributed by atoms with Gasteiger partial charge in [-0.2, -0.15) is 0 Å². The average Bonchev–Trinajstić information content (AvgIpc) is 2.39. The van der Waals surface area contributed by atoms with Gasteiger partial charge in [0.2, 0.25) is 0 Å². The molecule has 0 aliphatic rings. The summed E-state index contributed by atoms with van der Waals surface area (Å²) >= 11 is 0. The zero-order chi connectivity index (χ0) is 11.9. The van der Waals surface area contributed by atoms with Crippen LogP contribution in [0.3, 0.4) is 0 Å². The minimum Gasteiger partial charge on any atom is -0.484 e. The van der Waals surface area contributed by atoms with E-state index in [0.717, 1.165) is 0 Å². The number of carbonyl (C=O) groups excluding carboxylic acids is 1. The lowest BCUT2D eigenvalue weighted by Crippen LogP contribution is -2.20. The second kappa shape index (κ2) is 5.65. The van der Waals surface area contributed by atoms with Gasteiger partial charge in [-0.15, -0.1) is 0 Å². The SMILES string of the molecule is O=C(COc1ccccc1)Nc1cccnc1. The summed E-state index contributed by atoms with van der Waals surface area (Å²) in [5, 5.41) is 2.69. The number of ether oxygens (including phenoxy) is 1. The van der Waals surface area contributed by atoms with Crippen molar-refractivity contribution in [1.29, 1.82) is 0 Å². The monoisotopic (exact) mass is 228 g/mol. The number of pyridine rings is 1. The molecule has 1 heterocycles. The van der Waals surface area contributed by atoms with Gasteiger partial charge in [0.15, 0.2) is 6.61 Å². The number of rotatable bonds is 4. The molecule has 1 aromatic carbocycles. The molecule has 0 fully saturated rings. The fourth-order valence-corrected chi connectivity index (χ4v) is 1.30. The van der Waals surface area contributed by atoms with E-state index in [0.29, 0.717) is 11.4 Å². The third-order valence-corrected chi connectivity index (χ3v) is 2.06. The Balaban J connectivity index is 1.83. The van der Waals surface area contributed by atoms with Gasteiger partial charge in [0.1, 0.15) is 5.75 Å². The molecule has 0 aliphatic carbocycles. The number of para-hydroxylation sites is 1. The number of aromatic nitrogens is 1. The van der Waals surface area contributed by atoms with Crippen LogP contribution in [-0.4, -0.2) is 17.5 Å². The number of anilines is 1. The molecule has 1 amide bonds. The quantitative estimate of drug-likeness (QED) is 0.871. The van der Waals surface area contributed by atoms with Crippen LogP contribution in [0.15, 0.2) is 54.9 Å². The number of amides is 1. The van der Waals surface area contributed by atoms with Crippen molar-refractivity contribution < 1.29 is 9.53 Å². The van der Waals surface area contributed by atoms with Gasteiger partial charge in [-0.25, -0.2) is 0 Å². The average molecular weight is 228 g/mol. The largest absolute Gasteiger partial charge is 0.484 e. The number of nitrogens with one attached hydrogen (secondary N) is 1. The van der Waals surface area contributed by atoms with Crippen LogP contribution in [0.5, 0.6) is 5.75 Å². The lowest BCUT2D eigenvalue weighted by molar-refractivity contribution is -0.118. The molecule has 0 unspecified atom stereocenters. The minimum absolute atomic E-state index is 0.0150. The molecule has 0 saturated heterocycles. The van der Waals surface area contributed by atoms with E-state index in [1.165, 1.54) is 0 Å². The highest BCUT2D eigenvalue weighted by atomic mass is 16.5. The normalized spacial score (nSPS) is 9.65. The summed E-state index contributed by atoms with van der Waals surface area (Å²) in [6.07, 6.45) is 3.23. The Morgan fingerprint density at radius 3 is 2.71 bits per heavy atom. The highest BCUT2D eigenvalue weighted by Crippen LogP contribution is 2.08. The van der Waals surface area contributed by atoms with Crippen molar-refractivity contribution in [3.8, 4) is 5.75 Å². The molecule has 86 valence electrons. The van der Waals surface area contributed by atoms with Crippen LogP contribution in [0.2, 0.25) is 0 Å². The first-order chi connectivity index (χ1) is 8.34. The molecule has 1 N–H and O–H groups in total. The summed E-state index contributed by atoms with van der Waals surface area (Å²) in [6, 6.07) is 12.7. The summed E-state index contributed by atoms with van der Waals surface area (Å²) in [5.74, 6) is 0.468. The third-order valence-electron chi connectivity index (χ3n) is 2.06. The van der Waals surface area contributed by atoms with E-state index in [9.17, 15) is 4.79 Å². The Hall–Kier alpha value is -2.36. The van der Waals surface area contributed by atoms with Gasteiger partial charge in [-0.3, -0.25) is 9.78 Å². The van der Waals surface area contributed by atoms with Crippen molar-refractivity contribution in [2.24, 2.45) is 0 Å². The number of carbonyl (C=O) groups is 1. The fraction of sp³-hybridized carbons (Fsp3) is 0.0769. The first-order valence-corrected chi connectivity index (χ1v) is 5.22. The van der Waals surface area contributed by atoms with Crippen LogP contribution in [0.1, 0.15) is 0 Å². The molecule has 0 saturated carbocycles.